The van der Waals surface area contributed by atoms with Crippen LogP contribution in [0.4, 0.5) is 0 Å². The molecular weight excluding hydrogens is 430 g/mol. The van der Waals surface area contributed by atoms with E-state index in [9.17, 15) is 14.7 Å². The number of aryl methyl sites for hydroxylation is 1. The number of nitrogens with zero attached hydrogens (tertiary/aromatic N) is 1. The molecule has 0 bridgehead atoms. The van der Waals surface area contributed by atoms with E-state index < -0.39 is 11.9 Å². The predicted molar refractivity (Wildman–Crippen MR) is 119 cm³/mol. The fourth-order valence-corrected chi connectivity index (χ4v) is 4.76. The number of amides is 1. The number of aliphatic imine (C=N–C) groups is 1. The fraction of sp³-hybridized carbons (Fsp3) is 0.190. The summed E-state index contributed by atoms with van der Waals surface area (Å²) in [5.41, 5.74) is 0.101. The Morgan fingerprint density at radius 1 is 1.21 bits per heavy atom. The summed E-state index contributed by atoms with van der Waals surface area (Å²) in [6.45, 7) is 3.86. The molecule has 0 saturated heterocycles. The van der Waals surface area contributed by atoms with Crippen LogP contribution in [0.15, 0.2) is 57.6 Å². The molecule has 1 aromatic heterocycles. The Bertz CT molecular complexity index is 1050. The number of halogens is 1. The second-order valence-electron chi connectivity index (χ2n) is 5.91. The molecule has 1 aliphatic heterocycles. The minimum absolute atomic E-state index is 0.0874. The molecule has 0 spiro atoms. The number of ether oxygens (including phenoxy) is 1. The molecule has 2 heterocycles. The highest BCUT2D eigenvalue weighted by Gasteiger charge is 2.34. The Morgan fingerprint density at radius 3 is 2.62 bits per heavy atom. The first-order valence-electron chi connectivity index (χ1n) is 8.91. The molecule has 5 nitrogen and oxygen atoms in total. The van der Waals surface area contributed by atoms with Crippen LogP contribution in [-0.2, 0) is 16.0 Å². The van der Waals surface area contributed by atoms with Crippen molar-refractivity contribution >= 4 is 57.7 Å². The van der Waals surface area contributed by atoms with Gasteiger partial charge in [-0.1, -0.05) is 42.4 Å². The molecule has 8 heteroatoms. The van der Waals surface area contributed by atoms with Crippen LogP contribution in [0.5, 0.6) is 0 Å². The molecule has 0 saturated carbocycles. The van der Waals surface area contributed by atoms with Crippen LogP contribution in [0.2, 0.25) is 5.02 Å². The quantitative estimate of drug-likeness (QED) is 0.598. The highest BCUT2D eigenvalue weighted by molar-refractivity contribution is 8.18. The van der Waals surface area contributed by atoms with E-state index in [1.807, 2.05) is 12.1 Å². The lowest BCUT2D eigenvalue weighted by Crippen LogP contribution is -2.14. The van der Waals surface area contributed by atoms with E-state index >= 15 is 0 Å². The average molecular weight is 448 g/mol. The third-order valence-electron chi connectivity index (χ3n) is 3.98. The number of aliphatic hydroxyl groups is 1. The van der Waals surface area contributed by atoms with Crippen molar-refractivity contribution in [3.63, 3.8) is 0 Å². The van der Waals surface area contributed by atoms with Crippen LogP contribution in [0, 0.1) is 0 Å². The number of thioether (sulfide) groups is 1. The molecule has 29 heavy (non-hydrogen) atoms. The number of carbonyl (C=O) groups excluding carboxylic acids is 2. The van der Waals surface area contributed by atoms with E-state index in [4.69, 9.17) is 16.3 Å². The van der Waals surface area contributed by atoms with Crippen molar-refractivity contribution in [2.75, 3.05) is 6.61 Å². The number of benzene rings is 1. The monoisotopic (exact) mass is 447 g/mol. The lowest BCUT2D eigenvalue weighted by Gasteiger charge is -2.04. The summed E-state index contributed by atoms with van der Waals surface area (Å²) in [5.74, 6) is -1.57. The van der Waals surface area contributed by atoms with E-state index in [1.165, 1.54) is 4.88 Å². The third kappa shape index (κ3) is 4.80. The van der Waals surface area contributed by atoms with Gasteiger partial charge in [0.15, 0.2) is 0 Å². The van der Waals surface area contributed by atoms with Gasteiger partial charge in [0.25, 0.3) is 5.91 Å². The Balaban J connectivity index is 2.01. The number of carbonyl (C=O) groups is 2. The summed E-state index contributed by atoms with van der Waals surface area (Å²) in [4.78, 5) is 31.6. The molecule has 0 atom stereocenters. The van der Waals surface area contributed by atoms with Gasteiger partial charge in [0, 0.05) is 9.75 Å². The van der Waals surface area contributed by atoms with Crippen molar-refractivity contribution < 1.29 is 19.4 Å². The Kier molecular flexibility index (Phi) is 6.95. The van der Waals surface area contributed by atoms with Gasteiger partial charge in [-0.25, -0.2) is 9.79 Å². The van der Waals surface area contributed by atoms with Crippen molar-refractivity contribution in [2.45, 2.75) is 20.3 Å². The molecule has 1 aromatic carbocycles. The summed E-state index contributed by atoms with van der Waals surface area (Å²) in [7, 11) is 0. The standard InChI is InChI=1S/C21H18ClNO4S2/c1-3-12-9-10-13(28-12)11-16-18(24)17(21(26)27-4-2)20(29-16)23-19(25)14-7-5-6-8-15(14)22/h5-11,24H,3-4H2,1-2H3/b16-11-,23-20?. The second-order valence-corrected chi connectivity index (χ2v) is 8.55. The first-order chi connectivity index (χ1) is 13.9. The van der Waals surface area contributed by atoms with Crippen LogP contribution < -0.4 is 0 Å². The fourth-order valence-electron chi connectivity index (χ4n) is 2.57. The minimum atomic E-state index is -0.730. The topological polar surface area (TPSA) is 76.0 Å². The van der Waals surface area contributed by atoms with Gasteiger partial charge in [0.1, 0.15) is 16.4 Å². The molecule has 0 fully saturated rings. The maximum Gasteiger partial charge on any atom is 0.344 e. The van der Waals surface area contributed by atoms with Crippen LogP contribution in [0.3, 0.4) is 0 Å². The number of esters is 1. The number of hydrogen-bond acceptors (Lipinski definition) is 6. The molecule has 0 aliphatic carbocycles. The molecule has 0 radical (unpaired) electrons. The molecule has 1 amide bonds. The largest absolute Gasteiger partial charge is 0.506 e. The van der Waals surface area contributed by atoms with Crippen molar-refractivity contribution in [1.82, 2.24) is 0 Å². The molecule has 3 rings (SSSR count). The number of hydrogen-bond donors (Lipinski definition) is 1. The van der Waals surface area contributed by atoms with E-state index in [0.29, 0.717) is 4.91 Å². The van der Waals surface area contributed by atoms with Crippen LogP contribution in [0.1, 0.15) is 34.0 Å². The first-order valence-corrected chi connectivity index (χ1v) is 10.9. The molecule has 1 aliphatic rings. The first kappa shape index (κ1) is 21.4. The minimum Gasteiger partial charge on any atom is -0.506 e. The summed E-state index contributed by atoms with van der Waals surface area (Å²) in [5, 5.41) is 11.0. The Hall–Kier alpha value is -2.35. The van der Waals surface area contributed by atoms with Gasteiger partial charge in [-0.15, -0.1) is 11.3 Å². The molecule has 150 valence electrons. The van der Waals surface area contributed by atoms with Gasteiger partial charge < -0.3 is 9.84 Å². The SMILES string of the molecule is CCOC(=O)C1=C(O)/C(=C/c2ccc(CC)s2)SC1=NC(=O)c1ccccc1Cl. The lowest BCUT2D eigenvalue weighted by atomic mass is 10.2. The predicted octanol–water partition coefficient (Wildman–Crippen LogP) is 5.67. The van der Waals surface area contributed by atoms with Crippen LogP contribution in [0.25, 0.3) is 6.08 Å². The average Bonchev–Trinajstić information content (AvgIpc) is 3.27. The van der Waals surface area contributed by atoms with E-state index in [-0.39, 0.29) is 33.6 Å². The molecule has 0 unspecified atom stereocenters. The van der Waals surface area contributed by atoms with Gasteiger partial charge >= 0.3 is 5.97 Å². The second kappa shape index (κ2) is 9.43. The van der Waals surface area contributed by atoms with E-state index in [1.54, 1.807) is 48.6 Å². The third-order valence-corrected chi connectivity index (χ3v) is 6.51. The number of rotatable bonds is 5. The summed E-state index contributed by atoms with van der Waals surface area (Å²) < 4.78 is 5.04. The van der Waals surface area contributed by atoms with Gasteiger partial charge in [0.05, 0.1) is 22.1 Å². The van der Waals surface area contributed by atoms with Crippen molar-refractivity contribution in [2.24, 2.45) is 4.99 Å². The van der Waals surface area contributed by atoms with Crippen molar-refractivity contribution in [1.29, 1.82) is 0 Å². The van der Waals surface area contributed by atoms with E-state index in [0.717, 1.165) is 23.1 Å². The summed E-state index contributed by atoms with van der Waals surface area (Å²) >= 11 is 8.72. The zero-order valence-corrected chi connectivity index (χ0v) is 18.2. The molecule has 2 aromatic rings. The molecular formula is C21H18ClNO4S2. The van der Waals surface area contributed by atoms with Crippen LogP contribution in [-0.4, -0.2) is 28.6 Å². The number of thiophene rings is 1. The lowest BCUT2D eigenvalue weighted by molar-refractivity contribution is -0.138. The zero-order valence-electron chi connectivity index (χ0n) is 15.8. The Morgan fingerprint density at radius 2 is 1.97 bits per heavy atom. The van der Waals surface area contributed by atoms with Crippen LogP contribution >= 0.6 is 34.7 Å². The van der Waals surface area contributed by atoms with Gasteiger partial charge in [0.2, 0.25) is 0 Å². The highest BCUT2D eigenvalue weighted by atomic mass is 35.5. The van der Waals surface area contributed by atoms with Gasteiger partial charge in [-0.3, -0.25) is 4.79 Å². The van der Waals surface area contributed by atoms with Gasteiger partial charge in [-0.05, 0) is 43.7 Å². The maximum atomic E-state index is 12.6. The highest BCUT2D eigenvalue weighted by Crippen LogP contribution is 2.40. The zero-order chi connectivity index (χ0) is 21.0. The van der Waals surface area contributed by atoms with Crippen molar-refractivity contribution in [3.8, 4) is 0 Å². The number of aliphatic hydroxyl groups excluding tert-OH is 1. The maximum absolute atomic E-state index is 12.6. The smallest absolute Gasteiger partial charge is 0.344 e. The van der Waals surface area contributed by atoms with Gasteiger partial charge in [-0.2, -0.15) is 0 Å². The normalized spacial score (nSPS) is 16.7. The molecule has 1 N–H and O–H groups in total. The van der Waals surface area contributed by atoms with E-state index in [2.05, 4.69) is 11.9 Å². The summed E-state index contributed by atoms with van der Waals surface area (Å²) in [6.07, 6.45) is 2.68. The van der Waals surface area contributed by atoms with Crippen molar-refractivity contribution in [3.05, 3.63) is 73.0 Å². The summed E-state index contributed by atoms with van der Waals surface area (Å²) in [6, 6.07) is 10.5. The Labute approximate surface area is 181 Å².